The van der Waals surface area contributed by atoms with Crippen LogP contribution in [0.25, 0.3) is 0 Å². The van der Waals surface area contributed by atoms with Gasteiger partial charge in [-0.2, -0.15) is 0 Å². The quantitative estimate of drug-likeness (QED) is 0.350. The van der Waals surface area contributed by atoms with Gasteiger partial charge in [-0.15, -0.1) is 19.0 Å². The minimum atomic E-state index is -4.64. The molecule has 0 aromatic carbocycles. The highest BCUT2D eigenvalue weighted by molar-refractivity contribution is 7.46. The third kappa shape index (κ3) is 56.2. The fraction of sp³-hybridized carbons (Fsp3) is 0.333. The maximum Gasteiger partial charge on any atom is 0.469 e. The van der Waals surface area contributed by atoms with Crippen molar-refractivity contribution in [1.29, 1.82) is 0 Å². The van der Waals surface area contributed by atoms with Crippen LogP contribution in [-0.2, 0) is 13.7 Å². The van der Waals surface area contributed by atoms with E-state index in [-0.39, 0.29) is 19.0 Å². The normalized spacial score (nSPS) is 10.6. The summed E-state index contributed by atoms with van der Waals surface area (Å²) in [7, 11) is -8.89. The van der Waals surface area contributed by atoms with Crippen molar-refractivity contribution < 1.29 is 38.1 Å². The molecule has 11 heteroatoms. The van der Waals surface area contributed by atoms with Crippen LogP contribution in [0.1, 0.15) is 0 Å². The van der Waals surface area contributed by atoms with Gasteiger partial charge >= 0.3 is 15.6 Å². The summed E-state index contributed by atoms with van der Waals surface area (Å²) < 4.78 is 22.6. The highest BCUT2D eigenvalue weighted by Gasteiger charge is 2.10. The van der Waals surface area contributed by atoms with Crippen LogP contribution in [0.15, 0.2) is 12.7 Å². The molecular weight excluding hydrogens is 261 g/mol. The molecule has 0 aromatic heterocycles. The molecule has 0 saturated heterocycles. The Balaban J connectivity index is -0.000000177. The summed E-state index contributed by atoms with van der Waals surface area (Å²) in [6.07, 6.45) is 1.26. The Labute approximate surface area is 86.1 Å². The fourth-order valence-electron chi connectivity index (χ4n) is 0.150. The summed E-state index contributed by atoms with van der Waals surface area (Å²) >= 11 is 0. The Morgan fingerprint density at radius 1 is 1.14 bits per heavy atom. The van der Waals surface area contributed by atoms with Crippen molar-refractivity contribution in [3.8, 4) is 0 Å². The molecule has 0 spiro atoms. The molecule has 0 bridgehead atoms. The first-order valence-corrected chi connectivity index (χ1v) is 5.75. The van der Waals surface area contributed by atoms with Gasteiger partial charge in [-0.25, -0.2) is 9.13 Å². The minimum absolute atomic E-state index is 0. The molecular formula is C3H11ClO8P2. The second kappa shape index (κ2) is 8.55. The third-order valence-electron chi connectivity index (χ3n) is 0.361. The van der Waals surface area contributed by atoms with Crippen LogP contribution in [0.5, 0.6) is 0 Å². The zero-order valence-electron chi connectivity index (χ0n) is 6.76. The molecule has 8 nitrogen and oxygen atoms in total. The van der Waals surface area contributed by atoms with Crippen LogP contribution < -0.4 is 0 Å². The van der Waals surface area contributed by atoms with Gasteiger partial charge in [0.1, 0.15) is 0 Å². The fourth-order valence-corrected chi connectivity index (χ4v) is 0.449. The average Bonchev–Trinajstić information content (AvgIpc) is 1.77. The Morgan fingerprint density at radius 3 is 1.50 bits per heavy atom. The number of phosphoric ester groups is 1. The largest absolute Gasteiger partial charge is 0.469 e. The van der Waals surface area contributed by atoms with Gasteiger partial charge in [0.05, 0.1) is 6.61 Å². The Kier molecular flexibility index (Phi) is 12.1. The van der Waals surface area contributed by atoms with Gasteiger partial charge in [-0.3, -0.25) is 4.52 Å². The van der Waals surface area contributed by atoms with Crippen LogP contribution in [0.4, 0.5) is 0 Å². The van der Waals surface area contributed by atoms with E-state index in [1.54, 1.807) is 0 Å². The maximum absolute atomic E-state index is 9.81. The van der Waals surface area contributed by atoms with Gasteiger partial charge in [0.25, 0.3) is 0 Å². The highest BCUT2D eigenvalue weighted by Crippen LogP contribution is 2.35. The lowest BCUT2D eigenvalue weighted by molar-refractivity contribution is 0.216. The lowest BCUT2D eigenvalue weighted by atomic mass is 10.7. The second-order valence-corrected chi connectivity index (χ2v) is 3.85. The summed E-state index contributed by atoms with van der Waals surface area (Å²) in [5, 5.41) is 0. The summed E-state index contributed by atoms with van der Waals surface area (Å²) in [5.41, 5.74) is 0. The molecule has 0 aliphatic heterocycles. The monoisotopic (exact) mass is 272 g/mol. The summed E-state index contributed by atoms with van der Waals surface area (Å²) in [6.45, 7) is 3.07. The lowest BCUT2D eigenvalue weighted by Crippen LogP contribution is -1.86. The van der Waals surface area contributed by atoms with Crippen LogP contribution >= 0.6 is 28.1 Å². The van der Waals surface area contributed by atoms with E-state index < -0.39 is 15.6 Å². The van der Waals surface area contributed by atoms with Crippen LogP contribution in [0, 0.1) is 0 Å². The summed E-state index contributed by atoms with van der Waals surface area (Å²) in [5.74, 6) is 0. The number of hydrogen-bond donors (Lipinski definition) is 5. The van der Waals surface area contributed by atoms with Gasteiger partial charge in [-0.05, 0) is 0 Å². The lowest BCUT2D eigenvalue weighted by Gasteiger charge is -1.98. The van der Waals surface area contributed by atoms with Crippen LogP contribution in [0.2, 0.25) is 0 Å². The molecule has 14 heavy (non-hydrogen) atoms. The van der Waals surface area contributed by atoms with Crippen LogP contribution in [0.3, 0.4) is 0 Å². The summed E-state index contributed by atoms with van der Waals surface area (Å²) in [4.78, 5) is 37.5. The van der Waals surface area contributed by atoms with E-state index in [0.29, 0.717) is 0 Å². The zero-order chi connectivity index (χ0) is 11.1. The first-order chi connectivity index (χ1) is 5.56. The van der Waals surface area contributed by atoms with Crippen molar-refractivity contribution in [2.75, 3.05) is 6.61 Å². The van der Waals surface area contributed by atoms with Crippen molar-refractivity contribution in [1.82, 2.24) is 0 Å². The number of halogens is 1. The number of phosphoric acid groups is 2. The van der Waals surface area contributed by atoms with E-state index in [1.807, 2.05) is 0 Å². The molecule has 0 radical (unpaired) electrons. The first-order valence-electron chi connectivity index (χ1n) is 2.65. The minimum Gasteiger partial charge on any atom is -0.303 e. The topological polar surface area (TPSA) is 145 Å². The molecule has 5 N–H and O–H groups in total. The predicted molar refractivity (Wildman–Crippen MR) is 49.7 cm³/mol. The smallest absolute Gasteiger partial charge is 0.303 e. The third-order valence-corrected chi connectivity index (χ3v) is 0.846. The molecule has 0 aliphatic rings. The zero-order valence-corrected chi connectivity index (χ0v) is 9.36. The molecule has 0 heterocycles. The highest BCUT2D eigenvalue weighted by atomic mass is 35.5. The van der Waals surface area contributed by atoms with E-state index in [0.717, 1.165) is 0 Å². The van der Waals surface area contributed by atoms with E-state index in [9.17, 15) is 4.57 Å². The molecule has 0 unspecified atom stereocenters. The maximum atomic E-state index is 9.81. The van der Waals surface area contributed by atoms with Gasteiger partial charge in [0, 0.05) is 0 Å². The van der Waals surface area contributed by atoms with Crippen molar-refractivity contribution in [3.63, 3.8) is 0 Å². The molecule has 0 saturated carbocycles. The second-order valence-electron chi connectivity index (χ2n) is 1.59. The molecule has 0 fully saturated rings. The molecule has 0 atom stereocenters. The molecule has 0 rings (SSSR count). The Bertz CT molecular complexity index is 220. The van der Waals surface area contributed by atoms with Crippen molar-refractivity contribution in [2.24, 2.45) is 0 Å². The van der Waals surface area contributed by atoms with E-state index in [2.05, 4.69) is 11.1 Å². The Morgan fingerprint density at radius 2 is 1.43 bits per heavy atom. The van der Waals surface area contributed by atoms with Gasteiger partial charge in [-0.1, -0.05) is 6.08 Å². The van der Waals surface area contributed by atoms with E-state index >= 15 is 0 Å². The molecule has 88 valence electrons. The van der Waals surface area contributed by atoms with Crippen molar-refractivity contribution >= 4 is 28.1 Å². The Hall–Kier alpha value is 0.250. The average molecular weight is 273 g/mol. The summed E-state index contributed by atoms with van der Waals surface area (Å²) in [6, 6.07) is 0. The van der Waals surface area contributed by atoms with Crippen LogP contribution in [-0.4, -0.2) is 31.1 Å². The number of hydrogen-bond acceptors (Lipinski definition) is 3. The van der Waals surface area contributed by atoms with Gasteiger partial charge in [0.15, 0.2) is 0 Å². The molecule has 0 aromatic rings. The number of rotatable bonds is 3. The standard InChI is InChI=1S/C3H7O4P.ClH.H3O4P/c1-2-3-7-8(4,5)6;;1-5(2,3)4/h2H,1,3H2,(H2,4,5,6);1H;(H3,1,2,3,4). The molecule has 0 amide bonds. The molecule has 0 aliphatic carbocycles. The predicted octanol–water partition coefficient (Wildman–Crippen LogP) is -0.225. The first kappa shape index (κ1) is 19.8. The van der Waals surface area contributed by atoms with Gasteiger partial charge in [0.2, 0.25) is 0 Å². The van der Waals surface area contributed by atoms with E-state index in [4.69, 9.17) is 29.0 Å². The van der Waals surface area contributed by atoms with Crippen molar-refractivity contribution in [3.05, 3.63) is 12.7 Å². The van der Waals surface area contributed by atoms with Gasteiger partial charge < -0.3 is 24.5 Å². The van der Waals surface area contributed by atoms with Crippen molar-refractivity contribution in [2.45, 2.75) is 0 Å². The van der Waals surface area contributed by atoms with E-state index in [1.165, 1.54) is 6.08 Å². The SMILES string of the molecule is C=CCOP(=O)(O)O.Cl.O=P(O)(O)O.